The molecule has 0 spiro atoms. The van der Waals surface area contributed by atoms with Crippen molar-refractivity contribution in [2.24, 2.45) is 0 Å². The molecule has 3 aromatic carbocycles. The molecule has 0 N–H and O–H groups in total. The Morgan fingerprint density at radius 2 is 1.32 bits per heavy atom. The maximum absolute atomic E-state index is 2.25. The summed E-state index contributed by atoms with van der Waals surface area (Å²) in [6, 6.07) is 21.7. The summed E-state index contributed by atoms with van der Waals surface area (Å²) in [7, 11) is 0. The summed E-state index contributed by atoms with van der Waals surface area (Å²) in [5, 5.41) is 5.44. The van der Waals surface area contributed by atoms with Crippen LogP contribution < -0.4 is 0 Å². The Balaban J connectivity index is 0.000000528. The van der Waals surface area contributed by atoms with E-state index in [0.29, 0.717) is 0 Å². The van der Waals surface area contributed by atoms with Gasteiger partial charge in [0, 0.05) is 20.2 Å². The minimum Gasteiger partial charge on any atom is -0.135 e. The van der Waals surface area contributed by atoms with Crippen LogP contribution in [0.25, 0.3) is 30.9 Å². The largest absolute Gasteiger partial charge is 0.135 e. The van der Waals surface area contributed by atoms with E-state index in [0.717, 1.165) is 0 Å². The molecule has 0 aliphatic carbocycles. The van der Waals surface area contributed by atoms with E-state index in [1.54, 1.807) is 0 Å². The molecule has 0 nitrogen and oxygen atoms in total. The van der Waals surface area contributed by atoms with E-state index >= 15 is 0 Å². The van der Waals surface area contributed by atoms with Gasteiger partial charge in [-0.3, -0.25) is 0 Å². The van der Waals surface area contributed by atoms with Crippen LogP contribution in [0.1, 0.15) is 13.8 Å². The van der Waals surface area contributed by atoms with Crippen LogP contribution in [-0.4, -0.2) is 0 Å². The fourth-order valence-corrected chi connectivity index (χ4v) is 3.69. The van der Waals surface area contributed by atoms with Crippen LogP contribution in [0.3, 0.4) is 0 Å². The normalized spacial score (nSPS) is 10.6. The molecule has 4 rings (SSSR count). The minimum absolute atomic E-state index is 1.33. The number of thiophene rings is 1. The summed E-state index contributed by atoms with van der Waals surface area (Å²) >= 11 is 1.89. The molecule has 0 aliphatic rings. The van der Waals surface area contributed by atoms with Crippen molar-refractivity contribution in [2.75, 3.05) is 0 Å². The van der Waals surface area contributed by atoms with Crippen molar-refractivity contribution in [1.29, 1.82) is 0 Å². The minimum atomic E-state index is 1.33. The van der Waals surface area contributed by atoms with E-state index in [4.69, 9.17) is 0 Å². The maximum Gasteiger partial charge on any atom is 0.0433 e. The standard InChI is InChI=1S/C16H10S.C2H6/c1-2-6-12-11(5-1)9-10-14-13-7-3-4-8-15(13)17-16(12)14;1-2/h1-10H;1-2H3. The quantitative estimate of drug-likeness (QED) is 0.353. The van der Waals surface area contributed by atoms with Crippen LogP contribution in [0.15, 0.2) is 60.7 Å². The number of fused-ring (bicyclic) bond motifs is 5. The molecular formula is C18H16S. The first-order valence-electron chi connectivity index (χ1n) is 6.72. The Morgan fingerprint density at radius 1 is 0.632 bits per heavy atom. The number of benzene rings is 3. The van der Waals surface area contributed by atoms with Crippen LogP contribution in [-0.2, 0) is 0 Å². The highest BCUT2D eigenvalue weighted by Gasteiger charge is 2.06. The van der Waals surface area contributed by atoms with E-state index in [9.17, 15) is 0 Å². The van der Waals surface area contributed by atoms with Gasteiger partial charge in [0.1, 0.15) is 0 Å². The first kappa shape index (κ1) is 12.2. The number of hydrogen-bond donors (Lipinski definition) is 0. The van der Waals surface area contributed by atoms with Crippen LogP contribution in [0, 0.1) is 0 Å². The van der Waals surface area contributed by atoms with Gasteiger partial charge in [0.05, 0.1) is 0 Å². The summed E-state index contributed by atoms with van der Waals surface area (Å²) in [4.78, 5) is 0. The molecule has 0 radical (unpaired) electrons. The fourth-order valence-electron chi connectivity index (χ4n) is 2.45. The lowest BCUT2D eigenvalue weighted by Gasteiger charge is -1.98. The van der Waals surface area contributed by atoms with Gasteiger partial charge >= 0.3 is 0 Å². The molecule has 0 atom stereocenters. The SMILES string of the molecule is CC.c1ccc2c(c1)ccc1c3ccccc3sc21. The predicted molar refractivity (Wildman–Crippen MR) is 88.2 cm³/mol. The summed E-state index contributed by atoms with van der Waals surface area (Å²) in [5.74, 6) is 0. The smallest absolute Gasteiger partial charge is 0.0433 e. The van der Waals surface area contributed by atoms with Gasteiger partial charge in [-0.05, 0) is 16.8 Å². The lowest BCUT2D eigenvalue weighted by Crippen LogP contribution is -1.71. The van der Waals surface area contributed by atoms with Gasteiger partial charge in [-0.15, -0.1) is 11.3 Å². The van der Waals surface area contributed by atoms with Crippen molar-refractivity contribution >= 4 is 42.3 Å². The average Bonchev–Trinajstić information content (AvgIpc) is 2.88. The van der Waals surface area contributed by atoms with E-state index in [2.05, 4.69) is 60.7 Å². The Labute approximate surface area is 117 Å². The summed E-state index contributed by atoms with van der Waals surface area (Å²) in [5.41, 5.74) is 0. The molecule has 0 fully saturated rings. The second kappa shape index (κ2) is 5.02. The predicted octanol–water partition coefficient (Wildman–Crippen LogP) is 6.23. The lowest BCUT2D eigenvalue weighted by molar-refractivity contribution is 1.50. The van der Waals surface area contributed by atoms with Crippen molar-refractivity contribution in [2.45, 2.75) is 13.8 Å². The van der Waals surface area contributed by atoms with Crippen LogP contribution in [0.5, 0.6) is 0 Å². The maximum atomic E-state index is 2.25. The molecular weight excluding hydrogens is 248 g/mol. The Kier molecular flexibility index (Phi) is 3.22. The van der Waals surface area contributed by atoms with Crippen molar-refractivity contribution < 1.29 is 0 Å². The second-order valence-corrected chi connectivity index (χ2v) is 5.31. The van der Waals surface area contributed by atoms with Gasteiger partial charge in [-0.2, -0.15) is 0 Å². The molecule has 0 saturated heterocycles. The zero-order valence-electron chi connectivity index (χ0n) is 11.2. The topological polar surface area (TPSA) is 0 Å². The van der Waals surface area contributed by atoms with Gasteiger partial charge in [0.15, 0.2) is 0 Å². The highest BCUT2D eigenvalue weighted by Crippen LogP contribution is 2.37. The zero-order valence-corrected chi connectivity index (χ0v) is 12.0. The first-order valence-corrected chi connectivity index (χ1v) is 7.54. The van der Waals surface area contributed by atoms with Gasteiger partial charge in [0.2, 0.25) is 0 Å². The molecule has 94 valence electrons. The van der Waals surface area contributed by atoms with Gasteiger partial charge in [0.25, 0.3) is 0 Å². The van der Waals surface area contributed by atoms with E-state index in [-0.39, 0.29) is 0 Å². The molecule has 0 unspecified atom stereocenters. The molecule has 4 aromatic rings. The lowest BCUT2D eigenvalue weighted by atomic mass is 10.1. The second-order valence-electron chi connectivity index (χ2n) is 4.26. The Hall–Kier alpha value is -1.86. The highest BCUT2D eigenvalue weighted by atomic mass is 32.1. The highest BCUT2D eigenvalue weighted by molar-refractivity contribution is 7.26. The monoisotopic (exact) mass is 264 g/mol. The van der Waals surface area contributed by atoms with E-state index < -0.39 is 0 Å². The third kappa shape index (κ3) is 1.91. The van der Waals surface area contributed by atoms with Gasteiger partial charge in [-0.1, -0.05) is 68.4 Å². The third-order valence-corrected chi connectivity index (χ3v) is 4.49. The van der Waals surface area contributed by atoms with Crippen molar-refractivity contribution in [3.63, 3.8) is 0 Å². The Morgan fingerprint density at radius 3 is 2.16 bits per heavy atom. The molecule has 1 heteroatoms. The van der Waals surface area contributed by atoms with Crippen molar-refractivity contribution in [3.8, 4) is 0 Å². The first-order chi connectivity index (χ1) is 9.43. The zero-order chi connectivity index (χ0) is 13.2. The molecule has 1 aromatic heterocycles. The van der Waals surface area contributed by atoms with Crippen molar-refractivity contribution in [1.82, 2.24) is 0 Å². The van der Waals surface area contributed by atoms with Crippen LogP contribution in [0.2, 0.25) is 0 Å². The van der Waals surface area contributed by atoms with Gasteiger partial charge in [-0.25, -0.2) is 0 Å². The van der Waals surface area contributed by atoms with E-state index in [1.807, 2.05) is 25.2 Å². The Bertz CT molecular complexity index is 840. The third-order valence-electron chi connectivity index (χ3n) is 3.27. The molecule has 19 heavy (non-hydrogen) atoms. The molecule has 0 aliphatic heterocycles. The number of rotatable bonds is 0. The molecule has 0 saturated carbocycles. The van der Waals surface area contributed by atoms with Gasteiger partial charge < -0.3 is 0 Å². The summed E-state index contributed by atoms with van der Waals surface area (Å²) in [6.45, 7) is 4.00. The average molecular weight is 264 g/mol. The molecule has 0 bridgehead atoms. The fraction of sp³-hybridized carbons (Fsp3) is 0.111. The number of hydrogen-bond acceptors (Lipinski definition) is 1. The van der Waals surface area contributed by atoms with Crippen LogP contribution >= 0.6 is 11.3 Å². The van der Waals surface area contributed by atoms with Crippen molar-refractivity contribution in [3.05, 3.63) is 60.7 Å². The summed E-state index contributed by atoms with van der Waals surface area (Å²) in [6.07, 6.45) is 0. The van der Waals surface area contributed by atoms with E-state index in [1.165, 1.54) is 30.9 Å². The van der Waals surface area contributed by atoms with Crippen LogP contribution in [0.4, 0.5) is 0 Å². The summed E-state index contributed by atoms with van der Waals surface area (Å²) < 4.78 is 2.78. The molecule has 0 amide bonds. The molecule has 1 heterocycles.